The molecule has 0 bridgehead atoms. The number of aromatic nitrogens is 2. The highest BCUT2D eigenvalue weighted by Gasteiger charge is 2.27. The van der Waals surface area contributed by atoms with E-state index in [0.717, 1.165) is 38.5 Å². The fraction of sp³-hybridized carbons (Fsp3) is 0.583. The van der Waals surface area contributed by atoms with Crippen LogP contribution >= 0.6 is 24.0 Å². The monoisotopic (exact) mass is 554 g/mol. The lowest BCUT2D eigenvalue weighted by molar-refractivity contribution is -0.0265. The molecule has 0 radical (unpaired) electrons. The first kappa shape index (κ1) is 26.6. The summed E-state index contributed by atoms with van der Waals surface area (Å²) < 4.78 is 8.02. The molecule has 178 valence electrons. The SMILES string of the molecule is CCNC(=NCC(c1cnn(C)c1)N(C)C)NCC1CCCOC1c1ccc(C)cc1.I. The molecule has 2 aromatic rings. The molecule has 1 saturated heterocycles. The summed E-state index contributed by atoms with van der Waals surface area (Å²) >= 11 is 0. The number of halogens is 1. The van der Waals surface area contributed by atoms with E-state index in [1.165, 1.54) is 16.7 Å². The number of benzene rings is 1. The van der Waals surface area contributed by atoms with Crippen molar-refractivity contribution in [2.24, 2.45) is 18.0 Å². The minimum absolute atomic E-state index is 0. The smallest absolute Gasteiger partial charge is 0.191 e. The summed E-state index contributed by atoms with van der Waals surface area (Å²) in [6.45, 7) is 7.38. The third-order valence-electron chi connectivity index (χ3n) is 5.88. The summed E-state index contributed by atoms with van der Waals surface area (Å²) in [5.41, 5.74) is 3.72. The Morgan fingerprint density at radius 1 is 1.28 bits per heavy atom. The van der Waals surface area contributed by atoms with Crippen molar-refractivity contribution in [1.29, 1.82) is 0 Å². The summed E-state index contributed by atoms with van der Waals surface area (Å²) in [7, 11) is 6.11. The van der Waals surface area contributed by atoms with Crippen LogP contribution in [-0.2, 0) is 11.8 Å². The molecule has 1 aliphatic heterocycles. The summed E-state index contributed by atoms with van der Waals surface area (Å²) in [6.07, 6.45) is 6.38. The summed E-state index contributed by atoms with van der Waals surface area (Å²) in [4.78, 5) is 7.08. The fourth-order valence-electron chi connectivity index (χ4n) is 4.10. The molecule has 0 amide bonds. The van der Waals surface area contributed by atoms with Gasteiger partial charge in [-0.25, -0.2) is 0 Å². The number of ether oxygens (including phenoxy) is 1. The Bertz CT molecular complexity index is 835. The largest absolute Gasteiger partial charge is 0.373 e. The molecular formula is C24H39IN6O. The van der Waals surface area contributed by atoms with Crippen molar-refractivity contribution in [2.45, 2.75) is 38.8 Å². The second-order valence-electron chi connectivity index (χ2n) is 8.63. The molecule has 3 atom stereocenters. The Hall–Kier alpha value is -1.65. The van der Waals surface area contributed by atoms with Crippen LogP contribution in [-0.4, -0.2) is 61.0 Å². The normalized spacial score (nSPS) is 20.0. The second-order valence-corrected chi connectivity index (χ2v) is 8.63. The molecular weight excluding hydrogens is 515 g/mol. The Kier molecular flexibility index (Phi) is 10.9. The standard InChI is InChI=1S/C24H38N6O.HI/c1-6-25-24(27-16-22(29(3)4)21-15-28-30(5)17-21)26-14-20-8-7-13-31-23(20)19-11-9-18(2)10-12-19;/h9-12,15,17,20,22-23H,6-8,13-14,16H2,1-5H3,(H2,25,26,27);1H. The first-order valence-electron chi connectivity index (χ1n) is 11.3. The molecule has 8 heteroatoms. The van der Waals surface area contributed by atoms with Crippen LogP contribution in [0.5, 0.6) is 0 Å². The average Bonchev–Trinajstić information content (AvgIpc) is 3.18. The summed E-state index contributed by atoms with van der Waals surface area (Å²) in [5.74, 6) is 1.27. The molecule has 7 nitrogen and oxygen atoms in total. The zero-order valence-corrected chi connectivity index (χ0v) is 22.4. The maximum absolute atomic E-state index is 6.18. The molecule has 0 aliphatic carbocycles. The van der Waals surface area contributed by atoms with Crippen molar-refractivity contribution in [3.05, 3.63) is 53.3 Å². The van der Waals surface area contributed by atoms with E-state index in [2.05, 4.69) is 79.0 Å². The number of aliphatic imine (C=N–C) groups is 1. The van der Waals surface area contributed by atoms with Gasteiger partial charge in [-0.05, 0) is 46.3 Å². The first-order chi connectivity index (χ1) is 15.0. The van der Waals surface area contributed by atoms with Crippen molar-refractivity contribution in [3.63, 3.8) is 0 Å². The summed E-state index contributed by atoms with van der Waals surface area (Å²) in [6, 6.07) is 8.93. The van der Waals surface area contributed by atoms with Crippen molar-refractivity contribution in [2.75, 3.05) is 40.3 Å². The molecule has 3 unspecified atom stereocenters. The van der Waals surface area contributed by atoms with Gasteiger partial charge in [0.1, 0.15) is 0 Å². The Morgan fingerprint density at radius 2 is 2.03 bits per heavy atom. The number of nitrogens with zero attached hydrogens (tertiary/aromatic N) is 4. The van der Waals surface area contributed by atoms with Gasteiger partial charge in [0.15, 0.2) is 5.96 Å². The van der Waals surface area contributed by atoms with Gasteiger partial charge in [-0.15, -0.1) is 24.0 Å². The van der Waals surface area contributed by atoms with E-state index >= 15 is 0 Å². The molecule has 0 spiro atoms. The first-order valence-corrected chi connectivity index (χ1v) is 11.3. The molecule has 1 aromatic carbocycles. The number of rotatable bonds is 8. The highest BCUT2D eigenvalue weighted by atomic mass is 127. The fourth-order valence-corrected chi connectivity index (χ4v) is 4.10. The number of nitrogens with one attached hydrogen (secondary N) is 2. The van der Waals surface area contributed by atoms with E-state index in [1.807, 2.05) is 17.9 Å². The maximum atomic E-state index is 6.18. The number of likely N-dealkylation sites (N-methyl/N-ethyl adjacent to an activating group) is 1. The van der Waals surface area contributed by atoms with Gasteiger partial charge >= 0.3 is 0 Å². The molecule has 2 N–H and O–H groups in total. The Labute approximate surface area is 210 Å². The lowest BCUT2D eigenvalue weighted by Crippen LogP contribution is -2.42. The van der Waals surface area contributed by atoms with Crippen molar-refractivity contribution < 1.29 is 4.74 Å². The summed E-state index contributed by atoms with van der Waals surface area (Å²) in [5, 5.41) is 11.3. The third-order valence-corrected chi connectivity index (χ3v) is 5.88. The van der Waals surface area contributed by atoms with Gasteiger partial charge in [-0.3, -0.25) is 9.67 Å². The minimum atomic E-state index is 0. The van der Waals surface area contributed by atoms with Crippen LogP contribution < -0.4 is 10.6 Å². The van der Waals surface area contributed by atoms with Gasteiger partial charge in [0.05, 0.1) is 24.9 Å². The Balaban J connectivity index is 0.00000363. The van der Waals surface area contributed by atoms with Crippen LogP contribution in [0.25, 0.3) is 0 Å². The number of hydrogen-bond donors (Lipinski definition) is 2. The van der Waals surface area contributed by atoms with E-state index < -0.39 is 0 Å². The van der Waals surface area contributed by atoms with Crippen LogP contribution in [0.3, 0.4) is 0 Å². The van der Waals surface area contributed by atoms with Crippen molar-refractivity contribution >= 4 is 29.9 Å². The quantitative estimate of drug-likeness (QED) is 0.296. The molecule has 1 fully saturated rings. The van der Waals surface area contributed by atoms with Gasteiger partial charge in [0.2, 0.25) is 0 Å². The average molecular weight is 555 g/mol. The van der Waals surface area contributed by atoms with Crippen LogP contribution in [0.1, 0.15) is 48.6 Å². The molecule has 2 heterocycles. The lowest BCUT2D eigenvalue weighted by atomic mass is 9.89. The van der Waals surface area contributed by atoms with Crippen LogP contribution in [0.15, 0.2) is 41.7 Å². The zero-order valence-electron chi connectivity index (χ0n) is 20.0. The highest BCUT2D eigenvalue weighted by molar-refractivity contribution is 14.0. The zero-order chi connectivity index (χ0) is 22.2. The molecule has 32 heavy (non-hydrogen) atoms. The predicted octanol–water partition coefficient (Wildman–Crippen LogP) is 3.67. The topological polar surface area (TPSA) is 66.7 Å². The number of hydrogen-bond acceptors (Lipinski definition) is 4. The van der Waals surface area contributed by atoms with Gasteiger partial charge in [0.25, 0.3) is 0 Å². The second kappa shape index (κ2) is 13.2. The van der Waals surface area contributed by atoms with Crippen molar-refractivity contribution in [3.8, 4) is 0 Å². The van der Waals surface area contributed by atoms with Crippen LogP contribution in [0.2, 0.25) is 0 Å². The third kappa shape index (κ3) is 7.45. The highest BCUT2D eigenvalue weighted by Crippen LogP contribution is 2.33. The number of guanidine groups is 1. The van der Waals surface area contributed by atoms with Crippen LogP contribution in [0, 0.1) is 12.8 Å². The number of aryl methyl sites for hydroxylation is 2. The molecule has 1 aliphatic rings. The van der Waals surface area contributed by atoms with E-state index in [1.54, 1.807) is 0 Å². The van der Waals surface area contributed by atoms with Gasteiger partial charge in [-0.1, -0.05) is 29.8 Å². The van der Waals surface area contributed by atoms with Gasteiger partial charge in [0, 0.05) is 44.4 Å². The molecule has 0 saturated carbocycles. The minimum Gasteiger partial charge on any atom is -0.373 e. The van der Waals surface area contributed by atoms with E-state index in [9.17, 15) is 0 Å². The van der Waals surface area contributed by atoms with E-state index in [0.29, 0.717) is 12.5 Å². The van der Waals surface area contributed by atoms with E-state index in [4.69, 9.17) is 9.73 Å². The van der Waals surface area contributed by atoms with Gasteiger partial charge < -0.3 is 20.3 Å². The van der Waals surface area contributed by atoms with Gasteiger partial charge in [-0.2, -0.15) is 5.10 Å². The maximum Gasteiger partial charge on any atom is 0.191 e. The van der Waals surface area contributed by atoms with Crippen molar-refractivity contribution in [1.82, 2.24) is 25.3 Å². The lowest BCUT2D eigenvalue weighted by Gasteiger charge is -2.32. The van der Waals surface area contributed by atoms with E-state index in [-0.39, 0.29) is 36.1 Å². The molecule has 3 rings (SSSR count). The Morgan fingerprint density at radius 3 is 2.66 bits per heavy atom. The van der Waals surface area contributed by atoms with Crippen LogP contribution in [0.4, 0.5) is 0 Å². The predicted molar refractivity (Wildman–Crippen MR) is 142 cm³/mol. The molecule has 1 aromatic heterocycles.